The second-order valence-corrected chi connectivity index (χ2v) is 5.91. The lowest BCUT2D eigenvalue weighted by molar-refractivity contribution is -0.125. The van der Waals surface area contributed by atoms with Gasteiger partial charge in [0.25, 0.3) is 0 Å². The summed E-state index contributed by atoms with van der Waals surface area (Å²) in [6, 6.07) is 1.04. The first-order valence-corrected chi connectivity index (χ1v) is 7.92. The minimum atomic E-state index is 0.496. The number of Topliss-reactive ketones (excluding diaryl/α,β-unsaturated/α-hetero) is 1. The lowest BCUT2D eigenvalue weighted by atomic mass is 9.89. The van der Waals surface area contributed by atoms with Gasteiger partial charge in [-0.1, -0.05) is 52.4 Å². The standard InChI is InChI=1S/C16H31NO/c1-4-6-8-10-14-12-16(18)13-15(17(14)3)11-9-7-5-2/h14-15H,4-13H2,1-3H3. The first kappa shape index (κ1) is 15.7. The van der Waals surface area contributed by atoms with Crippen molar-refractivity contribution < 1.29 is 4.79 Å². The molecule has 0 aromatic heterocycles. The summed E-state index contributed by atoms with van der Waals surface area (Å²) in [4.78, 5) is 14.4. The van der Waals surface area contributed by atoms with Crippen LogP contribution in [0.25, 0.3) is 0 Å². The van der Waals surface area contributed by atoms with Crippen LogP contribution in [0.5, 0.6) is 0 Å². The van der Waals surface area contributed by atoms with Crippen molar-refractivity contribution in [3.63, 3.8) is 0 Å². The van der Waals surface area contributed by atoms with Crippen molar-refractivity contribution in [3.05, 3.63) is 0 Å². The summed E-state index contributed by atoms with van der Waals surface area (Å²) < 4.78 is 0. The smallest absolute Gasteiger partial charge is 0.136 e. The SMILES string of the molecule is CCCCCC1CC(=O)CC(CCCCC)N1C. The number of piperidine rings is 1. The predicted molar refractivity (Wildman–Crippen MR) is 77.9 cm³/mol. The Morgan fingerprint density at radius 1 is 0.944 bits per heavy atom. The van der Waals surface area contributed by atoms with Gasteiger partial charge in [-0.3, -0.25) is 9.69 Å². The number of nitrogens with zero attached hydrogens (tertiary/aromatic N) is 1. The van der Waals surface area contributed by atoms with E-state index >= 15 is 0 Å². The van der Waals surface area contributed by atoms with Crippen molar-refractivity contribution in [1.29, 1.82) is 0 Å². The number of rotatable bonds is 8. The fourth-order valence-electron chi connectivity index (χ4n) is 3.07. The highest BCUT2D eigenvalue weighted by atomic mass is 16.1. The third-order valence-electron chi connectivity index (χ3n) is 4.36. The van der Waals surface area contributed by atoms with Gasteiger partial charge in [0.2, 0.25) is 0 Å². The van der Waals surface area contributed by atoms with Gasteiger partial charge in [-0.15, -0.1) is 0 Å². The first-order chi connectivity index (χ1) is 8.69. The van der Waals surface area contributed by atoms with E-state index in [9.17, 15) is 4.79 Å². The minimum Gasteiger partial charge on any atom is -0.300 e. The van der Waals surface area contributed by atoms with Crippen molar-refractivity contribution >= 4 is 5.78 Å². The molecule has 1 aliphatic heterocycles. The zero-order valence-corrected chi connectivity index (χ0v) is 12.6. The molecule has 2 heteroatoms. The summed E-state index contributed by atoms with van der Waals surface area (Å²) in [5.74, 6) is 0.496. The van der Waals surface area contributed by atoms with Gasteiger partial charge in [-0.2, -0.15) is 0 Å². The van der Waals surface area contributed by atoms with Crippen LogP contribution in [0.2, 0.25) is 0 Å². The van der Waals surface area contributed by atoms with Crippen LogP contribution in [-0.2, 0) is 4.79 Å². The van der Waals surface area contributed by atoms with Crippen LogP contribution in [0.15, 0.2) is 0 Å². The number of ketones is 1. The van der Waals surface area contributed by atoms with E-state index in [1.54, 1.807) is 0 Å². The Morgan fingerprint density at radius 3 is 1.78 bits per heavy atom. The van der Waals surface area contributed by atoms with Crippen molar-refractivity contribution in [2.45, 2.75) is 90.1 Å². The van der Waals surface area contributed by atoms with Crippen molar-refractivity contribution in [2.24, 2.45) is 0 Å². The van der Waals surface area contributed by atoms with Gasteiger partial charge in [0.05, 0.1) is 0 Å². The number of likely N-dealkylation sites (tertiary alicyclic amines) is 1. The number of unbranched alkanes of at least 4 members (excludes halogenated alkanes) is 4. The highest BCUT2D eigenvalue weighted by molar-refractivity contribution is 5.80. The number of carbonyl (C=O) groups excluding carboxylic acids is 1. The second kappa shape index (κ2) is 8.68. The van der Waals surface area contributed by atoms with Gasteiger partial charge in [-0.25, -0.2) is 0 Å². The molecule has 2 nitrogen and oxygen atoms in total. The first-order valence-electron chi connectivity index (χ1n) is 7.92. The second-order valence-electron chi connectivity index (χ2n) is 5.91. The molecule has 0 spiro atoms. The molecule has 0 aromatic carbocycles. The monoisotopic (exact) mass is 253 g/mol. The maximum Gasteiger partial charge on any atom is 0.136 e. The molecule has 1 saturated heterocycles. The molecule has 0 N–H and O–H groups in total. The molecule has 1 rings (SSSR count). The molecule has 0 saturated carbocycles. The van der Waals surface area contributed by atoms with E-state index < -0.39 is 0 Å². The number of carbonyl (C=O) groups is 1. The van der Waals surface area contributed by atoms with Crippen LogP contribution >= 0.6 is 0 Å². The average Bonchev–Trinajstić information content (AvgIpc) is 2.35. The molecular formula is C16H31NO. The molecule has 2 atom stereocenters. The quantitative estimate of drug-likeness (QED) is 0.605. The van der Waals surface area contributed by atoms with E-state index in [1.807, 2.05) is 0 Å². The Balaban J connectivity index is 2.40. The lowest BCUT2D eigenvalue weighted by Crippen LogP contribution is -2.47. The summed E-state index contributed by atoms with van der Waals surface area (Å²) in [5, 5.41) is 0. The number of hydrogen-bond donors (Lipinski definition) is 0. The van der Waals surface area contributed by atoms with Crippen LogP contribution in [0, 0.1) is 0 Å². The van der Waals surface area contributed by atoms with Crippen molar-refractivity contribution in [1.82, 2.24) is 4.90 Å². The topological polar surface area (TPSA) is 20.3 Å². The van der Waals surface area contributed by atoms with Crippen molar-refractivity contribution in [3.8, 4) is 0 Å². The highest BCUT2D eigenvalue weighted by Gasteiger charge is 2.31. The number of hydrogen-bond acceptors (Lipinski definition) is 2. The molecule has 0 radical (unpaired) electrons. The van der Waals surface area contributed by atoms with E-state index in [0.717, 1.165) is 12.8 Å². The summed E-state index contributed by atoms with van der Waals surface area (Å²) in [5.41, 5.74) is 0. The molecule has 1 aliphatic rings. The molecule has 0 bridgehead atoms. The Labute approximate surface area is 113 Å². The summed E-state index contributed by atoms with van der Waals surface area (Å²) >= 11 is 0. The van der Waals surface area contributed by atoms with Crippen LogP contribution in [0.3, 0.4) is 0 Å². The highest BCUT2D eigenvalue weighted by Crippen LogP contribution is 2.26. The predicted octanol–water partition coefficient (Wildman–Crippen LogP) is 4.18. The molecule has 0 aromatic rings. The zero-order chi connectivity index (χ0) is 13.4. The average molecular weight is 253 g/mol. The normalized spacial score (nSPS) is 25.6. The zero-order valence-electron chi connectivity index (χ0n) is 12.6. The van der Waals surface area contributed by atoms with E-state index in [4.69, 9.17) is 0 Å². The van der Waals surface area contributed by atoms with Crippen LogP contribution in [0.4, 0.5) is 0 Å². The molecule has 106 valence electrons. The molecule has 1 fully saturated rings. The molecule has 2 unspecified atom stereocenters. The third kappa shape index (κ3) is 5.09. The molecular weight excluding hydrogens is 222 g/mol. The van der Waals surface area contributed by atoms with E-state index in [-0.39, 0.29) is 0 Å². The van der Waals surface area contributed by atoms with Gasteiger partial charge >= 0.3 is 0 Å². The van der Waals surface area contributed by atoms with Gasteiger partial charge in [-0.05, 0) is 19.9 Å². The summed E-state index contributed by atoms with van der Waals surface area (Å²) in [7, 11) is 2.24. The molecule has 0 aliphatic carbocycles. The Kier molecular flexibility index (Phi) is 7.57. The van der Waals surface area contributed by atoms with Gasteiger partial charge in [0.1, 0.15) is 5.78 Å². The third-order valence-corrected chi connectivity index (χ3v) is 4.36. The van der Waals surface area contributed by atoms with E-state index in [1.165, 1.54) is 51.4 Å². The maximum absolute atomic E-state index is 11.9. The van der Waals surface area contributed by atoms with Crippen LogP contribution in [-0.4, -0.2) is 29.8 Å². The lowest BCUT2D eigenvalue weighted by Gasteiger charge is -2.39. The Morgan fingerprint density at radius 2 is 1.39 bits per heavy atom. The van der Waals surface area contributed by atoms with E-state index in [0.29, 0.717) is 17.9 Å². The van der Waals surface area contributed by atoms with Crippen molar-refractivity contribution in [2.75, 3.05) is 7.05 Å². The fourth-order valence-corrected chi connectivity index (χ4v) is 3.07. The van der Waals surface area contributed by atoms with Gasteiger partial charge < -0.3 is 0 Å². The van der Waals surface area contributed by atoms with Gasteiger partial charge in [0, 0.05) is 24.9 Å². The molecule has 0 amide bonds. The molecule has 18 heavy (non-hydrogen) atoms. The summed E-state index contributed by atoms with van der Waals surface area (Å²) in [6.45, 7) is 4.48. The van der Waals surface area contributed by atoms with Crippen LogP contribution in [0.1, 0.15) is 78.1 Å². The Bertz CT molecular complexity index is 217. The largest absolute Gasteiger partial charge is 0.300 e. The van der Waals surface area contributed by atoms with Crippen LogP contribution < -0.4 is 0 Å². The summed E-state index contributed by atoms with van der Waals surface area (Å²) in [6.07, 6.45) is 11.7. The van der Waals surface area contributed by atoms with E-state index in [2.05, 4.69) is 25.8 Å². The molecule has 1 heterocycles. The minimum absolute atomic E-state index is 0.496. The Hall–Kier alpha value is -0.370. The fraction of sp³-hybridized carbons (Fsp3) is 0.938. The van der Waals surface area contributed by atoms with Gasteiger partial charge in [0.15, 0.2) is 0 Å². The maximum atomic E-state index is 11.9.